The highest BCUT2D eigenvalue weighted by Crippen LogP contribution is 2.16. The van der Waals surface area contributed by atoms with Gasteiger partial charge in [0.15, 0.2) is 5.16 Å². The Hall–Kier alpha value is -2.27. The van der Waals surface area contributed by atoms with Gasteiger partial charge in [-0.3, -0.25) is 10.2 Å². The minimum atomic E-state index is -0.291. The number of esters is 1. The number of hydrogen-bond acceptors (Lipinski definition) is 10. The summed E-state index contributed by atoms with van der Waals surface area (Å²) in [7, 11) is 1.34. The first-order valence-corrected chi connectivity index (χ1v) is 6.49. The van der Waals surface area contributed by atoms with E-state index in [0.29, 0.717) is 10.9 Å². The summed E-state index contributed by atoms with van der Waals surface area (Å²) >= 11 is 1.28. The number of carbonyl (C=O) groups is 1. The molecule has 0 saturated heterocycles. The Morgan fingerprint density at radius 2 is 2.35 bits per heavy atom. The molecule has 0 saturated carbocycles. The molecule has 20 heavy (non-hydrogen) atoms. The van der Waals surface area contributed by atoms with Gasteiger partial charge in [-0.2, -0.15) is 24.7 Å². The summed E-state index contributed by atoms with van der Waals surface area (Å²) in [6.07, 6.45) is 3.08. The zero-order valence-corrected chi connectivity index (χ0v) is 11.4. The first kappa shape index (κ1) is 14.1. The lowest BCUT2D eigenvalue weighted by molar-refractivity contribution is -0.140. The Bertz CT molecular complexity index is 575. The zero-order chi connectivity index (χ0) is 14.4. The van der Waals surface area contributed by atoms with Gasteiger partial charge in [0, 0.05) is 5.75 Å². The smallest absolute Gasteiger partial charge is 0.306 e. The van der Waals surface area contributed by atoms with Crippen LogP contribution in [0.2, 0.25) is 0 Å². The van der Waals surface area contributed by atoms with E-state index in [1.165, 1.54) is 36.2 Å². The van der Waals surface area contributed by atoms with Gasteiger partial charge in [0.1, 0.15) is 12.7 Å². The molecule has 0 aliphatic rings. The molecule has 0 atom stereocenters. The van der Waals surface area contributed by atoms with Gasteiger partial charge in [-0.15, -0.1) is 0 Å². The maximum Gasteiger partial charge on any atom is 0.306 e. The molecule has 0 aliphatic carbocycles. The molecule has 2 heterocycles. The second-order valence-corrected chi connectivity index (χ2v) is 4.46. The molecule has 0 amide bonds. The molecule has 0 bridgehead atoms. The Kier molecular flexibility index (Phi) is 4.79. The molecule has 0 aliphatic heterocycles. The predicted octanol–water partition coefficient (Wildman–Crippen LogP) is -0.607. The molecule has 3 N–H and O–H groups in total. The Labute approximate surface area is 118 Å². The number of ether oxygens (including phenoxy) is 1. The second kappa shape index (κ2) is 6.77. The fourth-order valence-corrected chi connectivity index (χ4v) is 1.97. The minimum Gasteiger partial charge on any atom is -0.469 e. The van der Waals surface area contributed by atoms with Crippen LogP contribution < -0.4 is 11.3 Å². The van der Waals surface area contributed by atoms with Crippen LogP contribution in [0.25, 0.3) is 5.95 Å². The molecule has 11 heteroatoms. The van der Waals surface area contributed by atoms with Crippen molar-refractivity contribution in [2.75, 3.05) is 18.3 Å². The lowest BCUT2D eigenvalue weighted by atomic mass is 10.5. The lowest BCUT2D eigenvalue weighted by Crippen LogP contribution is -2.14. The molecule has 0 spiro atoms. The highest BCUT2D eigenvalue weighted by molar-refractivity contribution is 7.99. The number of hydrogen-bond donors (Lipinski definition) is 2. The van der Waals surface area contributed by atoms with Crippen molar-refractivity contribution in [3.63, 3.8) is 0 Å². The van der Waals surface area contributed by atoms with Crippen molar-refractivity contribution in [3.05, 3.63) is 12.7 Å². The predicted molar refractivity (Wildman–Crippen MR) is 69.9 cm³/mol. The Morgan fingerprint density at radius 1 is 1.50 bits per heavy atom. The zero-order valence-electron chi connectivity index (χ0n) is 10.6. The highest BCUT2D eigenvalue weighted by atomic mass is 32.2. The monoisotopic (exact) mass is 296 g/mol. The molecule has 0 unspecified atom stereocenters. The fraction of sp³-hybridized carbons (Fsp3) is 0.333. The van der Waals surface area contributed by atoms with Gasteiger partial charge in [-0.1, -0.05) is 11.8 Å². The number of nitrogens with zero attached hydrogens (tertiary/aromatic N) is 6. The number of methoxy groups -OCH3 is 1. The largest absolute Gasteiger partial charge is 0.469 e. The first-order chi connectivity index (χ1) is 9.72. The number of thioether (sulfide) groups is 1. The fourth-order valence-electron chi connectivity index (χ4n) is 1.22. The van der Waals surface area contributed by atoms with Crippen molar-refractivity contribution in [1.82, 2.24) is 29.7 Å². The number of anilines is 1. The topological polar surface area (TPSA) is 134 Å². The number of rotatable bonds is 6. The Morgan fingerprint density at radius 3 is 3.00 bits per heavy atom. The Balaban J connectivity index is 2.12. The molecule has 106 valence electrons. The number of carbonyl (C=O) groups excluding carboxylic acids is 1. The van der Waals surface area contributed by atoms with Gasteiger partial charge in [0.25, 0.3) is 5.95 Å². The second-order valence-electron chi connectivity index (χ2n) is 3.40. The van der Waals surface area contributed by atoms with Crippen LogP contribution in [0.1, 0.15) is 6.42 Å². The summed E-state index contributed by atoms with van der Waals surface area (Å²) in [5, 5.41) is 4.34. The molecular formula is C9H12N8O2S. The number of nitrogen functional groups attached to an aromatic ring is 1. The van der Waals surface area contributed by atoms with Gasteiger partial charge in [-0.25, -0.2) is 10.8 Å². The molecule has 0 aromatic carbocycles. The van der Waals surface area contributed by atoms with Crippen LogP contribution in [-0.2, 0) is 9.53 Å². The average Bonchev–Trinajstić information content (AvgIpc) is 3.01. The number of hydrazine groups is 1. The third-order valence-corrected chi connectivity index (χ3v) is 2.97. The molecule has 0 fully saturated rings. The van der Waals surface area contributed by atoms with Crippen molar-refractivity contribution < 1.29 is 9.53 Å². The van der Waals surface area contributed by atoms with E-state index in [1.54, 1.807) is 0 Å². The van der Waals surface area contributed by atoms with Gasteiger partial charge in [0.2, 0.25) is 5.95 Å². The molecular weight excluding hydrogens is 284 g/mol. The van der Waals surface area contributed by atoms with Crippen LogP contribution in [0.15, 0.2) is 17.8 Å². The standard InChI is InChI=1S/C9H12N8O2S/c1-19-6(18)2-3-20-9-14-7(16-10)13-8(15-9)17-5-11-4-12-17/h4-5H,2-3,10H2,1H3,(H,13,14,15,16). The number of nitrogens with two attached hydrogens (primary N) is 1. The van der Waals surface area contributed by atoms with E-state index >= 15 is 0 Å². The van der Waals surface area contributed by atoms with E-state index in [1.807, 2.05) is 0 Å². The lowest BCUT2D eigenvalue weighted by Gasteiger charge is -2.05. The van der Waals surface area contributed by atoms with Gasteiger partial charge in [-0.05, 0) is 0 Å². The van der Waals surface area contributed by atoms with E-state index in [4.69, 9.17) is 5.84 Å². The maximum atomic E-state index is 11.0. The van der Waals surface area contributed by atoms with E-state index in [0.717, 1.165) is 0 Å². The minimum absolute atomic E-state index is 0.200. The molecule has 2 aromatic heterocycles. The molecule has 2 aromatic rings. The van der Waals surface area contributed by atoms with Crippen molar-refractivity contribution in [3.8, 4) is 5.95 Å². The summed E-state index contributed by atoms with van der Waals surface area (Å²) in [6.45, 7) is 0. The van der Waals surface area contributed by atoms with E-state index in [2.05, 4.69) is 35.2 Å². The SMILES string of the molecule is COC(=O)CCSc1nc(NN)nc(-n2cncn2)n1. The maximum absolute atomic E-state index is 11.0. The molecule has 10 nitrogen and oxygen atoms in total. The third kappa shape index (κ3) is 3.61. The summed E-state index contributed by atoms with van der Waals surface area (Å²) in [5.74, 6) is 5.98. The van der Waals surface area contributed by atoms with Crippen LogP contribution in [0.5, 0.6) is 0 Å². The van der Waals surface area contributed by atoms with E-state index in [9.17, 15) is 4.79 Å². The summed E-state index contributed by atoms with van der Waals surface area (Å²) in [4.78, 5) is 27.2. The quantitative estimate of drug-likeness (QED) is 0.308. The van der Waals surface area contributed by atoms with Crippen LogP contribution in [0.4, 0.5) is 5.95 Å². The van der Waals surface area contributed by atoms with E-state index in [-0.39, 0.29) is 24.3 Å². The average molecular weight is 296 g/mol. The third-order valence-electron chi connectivity index (χ3n) is 2.12. The highest BCUT2D eigenvalue weighted by Gasteiger charge is 2.09. The normalized spacial score (nSPS) is 10.3. The summed E-state index contributed by atoms with van der Waals surface area (Å²) in [6, 6.07) is 0. The first-order valence-electron chi connectivity index (χ1n) is 5.50. The van der Waals surface area contributed by atoms with Crippen LogP contribution in [0, 0.1) is 0 Å². The van der Waals surface area contributed by atoms with Crippen molar-refractivity contribution in [2.45, 2.75) is 11.6 Å². The van der Waals surface area contributed by atoms with Gasteiger partial charge in [0.05, 0.1) is 13.5 Å². The van der Waals surface area contributed by atoms with Crippen LogP contribution in [-0.4, -0.2) is 48.5 Å². The molecule has 0 radical (unpaired) electrons. The summed E-state index contributed by atoms with van der Waals surface area (Å²) < 4.78 is 5.94. The van der Waals surface area contributed by atoms with Crippen LogP contribution in [0.3, 0.4) is 0 Å². The van der Waals surface area contributed by atoms with Crippen molar-refractivity contribution >= 4 is 23.7 Å². The van der Waals surface area contributed by atoms with Crippen molar-refractivity contribution in [1.29, 1.82) is 0 Å². The van der Waals surface area contributed by atoms with E-state index < -0.39 is 0 Å². The van der Waals surface area contributed by atoms with Crippen LogP contribution >= 0.6 is 11.8 Å². The van der Waals surface area contributed by atoms with Crippen molar-refractivity contribution in [2.24, 2.45) is 5.84 Å². The van der Waals surface area contributed by atoms with Gasteiger partial charge >= 0.3 is 5.97 Å². The van der Waals surface area contributed by atoms with Gasteiger partial charge < -0.3 is 4.74 Å². The number of aromatic nitrogens is 6. The number of nitrogens with one attached hydrogen (secondary N) is 1. The molecule has 2 rings (SSSR count). The summed E-state index contributed by atoms with van der Waals surface area (Å²) in [5.41, 5.74) is 2.35.